The van der Waals surface area contributed by atoms with Crippen LogP contribution in [0.2, 0.25) is 0 Å². The first kappa shape index (κ1) is 15.5. The molecule has 122 valence electrons. The van der Waals surface area contributed by atoms with E-state index in [1.165, 1.54) is 4.68 Å². The largest absolute Gasteiger partial charge is 0.497 e. The molecule has 0 radical (unpaired) electrons. The topological polar surface area (TPSA) is 86.5 Å². The Labute approximate surface area is 138 Å². The van der Waals surface area contributed by atoms with Crippen molar-refractivity contribution in [1.82, 2.24) is 15.0 Å². The fraction of sp³-hybridized carbons (Fsp3) is 0.118. The van der Waals surface area contributed by atoms with E-state index < -0.39 is 5.97 Å². The average Bonchev–Trinajstić information content (AvgIpc) is 2.98. The van der Waals surface area contributed by atoms with Crippen LogP contribution in [0.1, 0.15) is 16.1 Å². The van der Waals surface area contributed by atoms with Crippen LogP contribution < -0.4 is 9.47 Å². The molecule has 0 aliphatic rings. The van der Waals surface area contributed by atoms with E-state index >= 15 is 0 Å². The number of carboxylic acids is 1. The Bertz CT molecular complexity index is 846. The van der Waals surface area contributed by atoms with Crippen molar-refractivity contribution in [3.05, 3.63) is 65.9 Å². The Balaban J connectivity index is 1.94. The van der Waals surface area contributed by atoms with E-state index in [1.807, 2.05) is 30.3 Å². The maximum atomic E-state index is 11.4. The van der Waals surface area contributed by atoms with Gasteiger partial charge >= 0.3 is 5.97 Å². The number of hydrogen-bond donors (Lipinski definition) is 1. The summed E-state index contributed by atoms with van der Waals surface area (Å²) in [6.45, 7) is 0.348. The van der Waals surface area contributed by atoms with E-state index in [2.05, 4.69) is 10.3 Å². The first-order valence-electron chi connectivity index (χ1n) is 7.20. The first-order chi connectivity index (χ1) is 11.7. The second-order valence-electron chi connectivity index (χ2n) is 4.97. The van der Waals surface area contributed by atoms with Crippen molar-refractivity contribution in [3.63, 3.8) is 0 Å². The zero-order valence-corrected chi connectivity index (χ0v) is 12.9. The van der Waals surface area contributed by atoms with E-state index in [9.17, 15) is 9.90 Å². The molecular formula is C17H15N3O4. The van der Waals surface area contributed by atoms with Gasteiger partial charge in [-0.3, -0.25) is 0 Å². The van der Waals surface area contributed by atoms with E-state index in [4.69, 9.17) is 9.47 Å². The number of carboxylic acid groups (broad SMARTS) is 1. The number of carbonyl (C=O) groups is 1. The lowest BCUT2D eigenvalue weighted by Crippen LogP contribution is -2.06. The van der Waals surface area contributed by atoms with Gasteiger partial charge in [-0.05, 0) is 17.7 Å². The smallest absolute Gasteiger partial charge is 0.362 e. The second kappa shape index (κ2) is 6.82. The summed E-state index contributed by atoms with van der Waals surface area (Å²) in [7, 11) is 1.54. The van der Waals surface area contributed by atoms with E-state index in [0.717, 1.165) is 5.56 Å². The van der Waals surface area contributed by atoms with Gasteiger partial charge in [0.2, 0.25) is 5.69 Å². The van der Waals surface area contributed by atoms with Crippen LogP contribution in [0.4, 0.5) is 0 Å². The summed E-state index contributed by atoms with van der Waals surface area (Å²) in [6.07, 6.45) is 0. The molecule has 7 nitrogen and oxygen atoms in total. The molecule has 0 saturated heterocycles. The highest BCUT2D eigenvalue weighted by molar-refractivity contribution is 5.87. The molecule has 0 saturated carbocycles. The number of aromatic carboxylic acids is 1. The zero-order valence-electron chi connectivity index (χ0n) is 12.9. The minimum Gasteiger partial charge on any atom is -0.497 e. The molecule has 0 fully saturated rings. The summed E-state index contributed by atoms with van der Waals surface area (Å²) in [5, 5.41) is 16.9. The van der Waals surface area contributed by atoms with E-state index in [-0.39, 0.29) is 11.6 Å². The molecule has 0 unspecified atom stereocenters. The monoisotopic (exact) mass is 325 g/mol. The van der Waals surface area contributed by atoms with Gasteiger partial charge < -0.3 is 14.6 Å². The van der Waals surface area contributed by atoms with Crippen LogP contribution in [0.3, 0.4) is 0 Å². The Kier molecular flexibility index (Phi) is 4.42. The predicted molar refractivity (Wildman–Crippen MR) is 85.6 cm³/mol. The lowest BCUT2D eigenvalue weighted by atomic mass is 10.2. The van der Waals surface area contributed by atoms with Crippen LogP contribution >= 0.6 is 0 Å². The van der Waals surface area contributed by atoms with Crippen molar-refractivity contribution < 1.29 is 19.4 Å². The van der Waals surface area contributed by atoms with Gasteiger partial charge in [-0.2, -0.15) is 0 Å². The van der Waals surface area contributed by atoms with Crippen LogP contribution in [-0.2, 0) is 6.54 Å². The summed E-state index contributed by atoms with van der Waals surface area (Å²) in [6, 6.07) is 16.4. The van der Waals surface area contributed by atoms with E-state index in [1.54, 1.807) is 31.4 Å². The van der Waals surface area contributed by atoms with Gasteiger partial charge in [0.25, 0.3) is 5.88 Å². The highest BCUT2D eigenvalue weighted by atomic mass is 16.5. The summed E-state index contributed by atoms with van der Waals surface area (Å²) in [4.78, 5) is 11.4. The first-order valence-corrected chi connectivity index (χ1v) is 7.20. The Morgan fingerprint density at radius 3 is 2.58 bits per heavy atom. The molecule has 1 N–H and O–H groups in total. The molecular weight excluding hydrogens is 310 g/mol. The Morgan fingerprint density at radius 1 is 1.12 bits per heavy atom. The quantitative estimate of drug-likeness (QED) is 0.750. The molecule has 24 heavy (non-hydrogen) atoms. The number of hydrogen-bond acceptors (Lipinski definition) is 5. The normalized spacial score (nSPS) is 10.4. The van der Waals surface area contributed by atoms with Crippen molar-refractivity contribution in [1.29, 1.82) is 0 Å². The van der Waals surface area contributed by atoms with Gasteiger partial charge in [0.05, 0.1) is 13.7 Å². The van der Waals surface area contributed by atoms with Gasteiger partial charge in [-0.15, -0.1) is 5.10 Å². The molecule has 3 rings (SSSR count). The van der Waals surface area contributed by atoms with Crippen LogP contribution in [0, 0.1) is 0 Å². The number of nitrogens with zero attached hydrogens (tertiary/aromatic N) is 3. The third kappa shape index (κ3) is 3.35. The minimum absolute atomic E-state index is 0.0691. The number of methoxy groups -OCH3 is 1. The minimum atomic E-state index is -1.20. The standard InChI is InChI=1S/C17H15N3O4/c1-23-13-8-5-9-14(10-13)24-16-15(17(21)22)18-19-20(16)11-12-6-3-2-4-7-12/h2-10H,11H2,1H3,(H,21,22). The molecule has 0 aliphatic carbocycles. The average molecular weight is 325 g/mol. The maximum absolute atomic E-state index is 11.4. The summed E-state index contributed by atoms with van der Waals surface area (Å²) >= 11 is 0. The fourth-order valence-electron chi connectivity index (χ4n) is 2.18. The van der Waals surface area contributed by atoms with Crippen molar-refractivity contribution in [2.75, 3.05) is 7.11 Å². The van der Waals surface area contributed by atoms with Gasteiger partial charge in [0.15, 0.2) is 0 Å². The SMILES string of the molecule is COc1cccc(Oc2c(C(=O)O)nnn2Cc2ccccc2)c1. The van der Waals surface area contributed by atoms with Crippen molar-refractivity contribution in [2.45, 2.75) is 6.54 Å². The molecule has 3 aromatic rings. The third-order valence-electron chi connectivity index (χ3n) is 3.32. The van der Waals surface area contributed by atoms with Crippen molar-refractivity contribution in [2.24, 2.45) is 0 Å². The van der Waals surface area contributed by atoms with Crippen molar-refractivity contribution >= 4 is 5.97 Å². The van der Waals surface area contributed by atoms with Gasteiger partial charge in [0.1, 0.15) is 11.5 Å². The molecule has 0 amide bonds. The lowest BCUT2D eigenvalue weighted by molar-refractivity contribution is 0.0687. The summed E-state index contributed by atoms with van der Waals surface area (Å²) in [5.41, 5.74) is 0.712. The van der Waals surface area contributed by atoms with Gasteiger partial charge in [-0.1, -0.05) is 41.6 Å². The molecule has 2 aromatic carbocycles. The molecule has 1 aromatic heterocycles. The van der Waals surface area contributed by atoms with Gasteiger partial charge in [0, 0.05) is 6.07 Å². The molecule has 7 heteroatoms. The van der Waals surface area contributed by atoms with E-state index in [0.29, 0.717) is 18.0 Å². The van der Waals surface area contributed by atoms with Crippen LogP contribution in [0.25, 0.3) is 0 Å². The predicted octanol–water partition coefficient (Wildman–Crippen LogP) is 2.83. The third-order valence-corrected chi connectivity index (χ3v) is 3.32. The molecule has 0 aliphatic heterocycles. The molecule has 0 spiro atoms. The zero-order chi connectivity index (χ0) is 16.9. The van der Waals surface area contributed by atoms with Crippen LogP contribution in [-0.4, -0.2) is 33.2 Å². The summed E-state index contributed by atoms with van der Waals surface area (Å²) < 4.78 is 12.3. The molecule has 0 bridgehead atoms. The fourth-order valence-corrected chi connectivity index (χ4v) is 2.18. The Hall–Kier alpha value is -3.35. The maximum Gasteiger partial charge on any atom is 0.362 e. The summed E-state index contributed by atoms with van der Waals surface area (Å²) in [5.74, 6) is -0.0910. The Morgan fingerprint density at radius 2 is 1.88 bits per heavy atom. The number of aromatic nitrogens is 3. The molecule has 1 heterocycles. The van der Waals surface area contributed by atoms with Gasteiger partial charge in [-0.25, -0.2) is 9.48 Å². The second-order valence-corrected chi connectivity index (χ2v) is 4.97. The highest BCUT2D eigenvalue weighted by Crippen LogP contribution is 2.27. The number of rotatable bonds is 6. The van der Waals surface area contributed by atoms with Crippen molar-refractivity contribution in [3.8, 4) is 17.4 Å². The number of ether oxygens (including phenoxy) is 2. The number of benzene rings is 2. The molecule has 0 atom stereocenters. The van der Waals surface area contributed by atoms with Crippen LogP contribution in [0.5, 0.6) is 17.4 Å². The lowest BCUT2D eigenvalue weighted by Gasteiger charge is -2.10. The van der Waals surface area contributed by atoms with Crippen LogP contribution in [0.15, 0.2) is 54.6 Å². The highest BCUT2D eigenvalue weighted by Gasteiger charge is 2.21.